The Morgan fingerprint density at radius 3 is 2.27 bits per heavy atom. The van der Waals surface area contributed by atoms with Crippen LogP contribution in [0, 0.1) is 0 Å². The maximum atomic E-state index is 12.8. The maximum Gasteiger partial charge on any atom is 0.407 e. The van der Waals surface area contributed by atoms with Crippen molar-refractivity contribution in [3.05, 3.63) is 57.8 Å². The summed E-state index contributed by atoms with van der Waals surface area (Å²) in [5.41, 5.74) is 0.933. The molecule has 2 aromatic rings. The van der Waals surface area contributed by atoms with Crippen molar-refractivity contribution in [2.75, 3.05) is 6.54 Å². The van der Waals surface area contributed by atoms with Crippen molar-refractivity contribution in [2.24, 2.45) is 0 Å². The molecule has 1 aromatic carbocycles. The highest BCUT2D eigenvalue weighted by molar-refractivity contribution is 7.08. The Kier molecular flexibility index (Phi) is 4.82. The van der Waals surface area contributed by atoms with E-state index in [2.05, 4.69) is 5.32 Å². The third kappa shape index (κ3) is 3.62. The smallest absolute Gasteiger partial charge is 0.407 e. The molecular formula is C19H20N2O4S. The molecule has 0 saturated carbocycles. The predicted octanol–water partition coefficient (Wildman–Crippen LogP) is 3.61. The fraction of sp³-hybridized carbons (Fsp3) is 0.316. The molecule has 0 unspecified atom stereocenters. The van der Waals surface area contributed by atoms with E-state index in [0.717, 1.165) is 5.56 Å². The van der Waals surface area contributed by atoms with Crippen LogP contribution in [0.2, 0.25) is 0 Å². The maximum absolute atomic E-state index is 12.8. The van der Waals surface area contributed by atoms with Gasteiger partial charge in [0.25, 0.3) is 11.8 Å². The third-order valence-electron chi connectivity index (χ3n) is 3.90. The van der Waals surface area contributed by atoms with E-state index >= 15 is 0 Å². The Balaban J connectivity index is 1.84. The van der Waals surface area contributed by atoms with Crippen molar-refractivity contribution in [3.63, 3.8) is 0 Å². The van der Waals surface area contributed by atoms with Crippen molar-refractivity contribution in [2.45, 2.75) is 32.4 Å². The van der Waals surface area contributed by atoms with Gasteiger partial charge < -0.3 is 10.1 Å². The summed E-state index contributed by atoms with van der Waals surface area (Å²) in [5.74, 6) is -0.708. The molecule has 0 aliphatic carbocycles. The Morgan fingerprint density at radius 1 is 1.15 bits per heavy atom. The standard InChI is InChI=1S/C19H20N2O4S/c1-19(2,3)25-18(24)20-10-15(12-8-9-26-11-12)21-16(22)13-6-4-5-7-14(13)17(21)23/h4-9,11,15H,10H2,1-3H3,(H,20,24)/t15-/m0/s1. The SMILES string of the molecule is CC(C)(C)OC(=O)NC[C@@H](c1ccsc1)N1C(=O)c2ccccc2C1=O. The average molecular weight is 372 g/mol. The van der Waals surface area contributed by atoms with Crippen LogP contribution >= 0.6 is 11.3 Å². The van der Waals surface area contributed by atoms with E-state index in [0.29, 0.717) is 11.1 Å². The third-order valence-corrected chi connectivity index (χ3v) is 4.61. The highest BCUT2D eigenvalue weighted by atomic mass is 32.1. The molecular weight excluding hydrogens is 352 g/mol. The molecule has 0 spiro atoms. The van der Waals surface area contributed by atoms with Crippen LogP contribution in [-0.2, 0) is 4.74 Å². The number of carbonyl (C=O) groups excluding carboxylic acids is 3. The van der Waals surface area contributed by atoms with E-state index in [9.17, 15) is 14.4 Å². The monoisotopic (exact) mass is 372 g/mol. The molecule has 2 heterocycles. The molecule has 0 bridgehead atoms. The van der Waals surface area contributed by atoms with Gasteiger partial charge in [-0.25, -0.2) is 4.79 Å². The van der Waals surface area contributed by atoms with E-state index in [1.807, 2.05) is 16.8 Å². The molecule has 3 amide bonds. The Morgan fingerprint density at radius 2 is 1.77 bits per heavy atom. The lowest BCUT2D eigenvalue weighted by molar-refractivity contribution is 0.0467. The second kappa shape index (κ2) is 6.92. The predicted molar refractivity (Wildman–Crippen MR) is 98.2 cm³/mol. The van der Waals surface area contributed by atoms with E-state index < -0.39 is 17.7 Å². The second-order valence-electron chi connectivity index (χ2n) is 6.98. The van der Waals surface area contributed by atoms with Gasteiger partial charge >= 0.3 is 6.09 Å². The number of rotatable bonds is 4. The number of fused-ring (bicyclic) bond motifs is 1. The zero-order valence-corrected chi connectivity index (χ0v) is 15.6. The molecule has 7 heteroatoms. The lowest BCUT2D eigenvalue weighted by Crippen LogP contribution is -2.42. The first kappa shape index (κ1) is 18.1. The second-order valence-corrected chi connectivity index (χ2v) is 7.76. The van der Waals surface area contributed by atoms with Gasteiger partial charge in [-0.1, -0.05) is 12.1 Å². The van der Waals surface area contributed by atoms with Gasteiger partial charge in [0, 0.05) is 6.54 Å². The minimum Gasteiger partial charge on any atom is -0.444 e. The van der Waals surface area contributed by atoms with Crippen molar-refractivity contribution in [1.29, 1.82) is 0 Å². The number of amides is 3. The number of carbonyl (C=O) groups is 3. The summed E-state index contributed by atoms with van der Waals surface area (Å²) in [4.78, 5) is 38.8. The first-order chi connectivity index (χ1) is 12.3. The number of thiophene rings is 1. The highest BCUT2D eigenvalue weighted by Crippen LogP contribution is 2.32. The van der Waals surface area contributed by atoms with Crippen LogP contribution in [0.15, 0.2) is 41.1 Å². The summed E-state index contributed by atoms with van der Waals surface area (Å²) in [6, 6.07) is 7.98. The average Bonchev–Trinajstić information content (AvgIpc) is 3.17. The number of alkyl carbamates (subject to hydrolysis) is 1. The van der Waals surface area contributed by atoms with E-state index in [4.69, 9.17) is 4.74 Å². The van der Waals surface area contributed by atoms with Gasteiger partial charge in [0.15, 0.2) is 0 Å². The fourth-order valence-electron chi connectivity index (χ4n) is 2.81. The molecule has 1 aromatic heterocycles. The lowest BCUT2D eigenvalue weighted by atomic mass is 10.1. The van der Waals surface area contributed by atoms with Crippen LogP contribution in [0.5, 0.6) is 0 Å². The summed E-state index contributed by atoms with van der Waals surface area (Å²) in [5, 5.41) is 6.40. The van der Waals surface area contributed by atoms with Gasteiger partial charge in [-0.3, -0.25) is 14.5 Å². The number of nitrogens with one attached hydrogen (secondary N) is 1. The van der Waals surface area contributed by atoms with Gasteiger partial charge in [0.2, 0.25) is 0 Å². The summed E-state index contributed by atoms with van der Waals surface area (Å²) in [6.07, 6.45) is -0.589. The number of ether oxygens (including phenoxy) is 1. The molecule has 1 aliphatic heterocycles. The van der Waals surface area contributed by atoms with Gasteiger partial charge in [-0.2, -0.15) is 11.3 Å². The zero-order valence-electron chi connectivity index (χ0n) is 14.8. The van der Waals surface area contributed by atoms with E-state index in [1.54, 1.807) is 45.0 Å². The molecule has 136 valence electrons. The first-order valence-electron chi connectivity index (χ1n) is 8.24. The van der Waals surface area contributed by atoms with Crippen LogP contribution in [-0.4, -0.2) is 35.0 Å². The Hall–Kier alpha value is -2.67. The molecule has 1 atom stereocenters. The van der Waals surface area contributed by atoms with Crippen LogP contribution in [0.1, 0.15) is 53.1 Å². The van der Waals surface area contributed by atoms with Gasteiger partial charge in [-0.15, -0.1) is 0 Å². The molecule has 1 N–H and O–H groups in total. The van der Waals surface area contributed by atoms with Crippen molar-refractivity contribution >= 4 is 29.2 Å². The van der Waals surface area contributed by atoms with Crippen LogP contribution < -0.4 is 5.32 Å². The molecule has 0 radical (unpaired) electrons. The normalized spacial score (nSPS) is 15.0. The molecule has 26 heavy (non-hydrogen) atoms. The van der Waals surface area contributed by atoms with Crippen LogP contribution in [0.25, 0.3) is 0 Å². The van der Waals surface area contributed by atoms with Gasteiger partial charge in [-0.05, 0) is 55.3 Å². The topological polar surface area (TPSA) is 75.7 Å². The summed E-state index contributed by atoms with van der Waals surface area (Å²) < 4.78 is 5.25. The largest absolute Gasteiger partial charge is 0.444 e. The number of benzene rings is 1. The number of hydrogen-bond donors (Lipinski definition) is 1. The van der Waals surface area contributed by atoms with E-state index in [-0.39, 0.29) is 18.4 Å². The number of hydrogen-bond acceptors (Lipinski definition) is 5. The quantitative estimate of drug-likeness (QED) is 0.832. The summed E-state index contributed by atoms with van der Waals surface area (Å²) in [7, 11) is 0. The molecule has 3 rings (SSSR count). The number of imide groups is 1. The molecule has 0 fully saturated rings. The van der Waals surface area contributed by atoms with Gasteiger partial charge in [0.1, 0.15) is 5.60 Å². The molecule has 6 nitrogen and oxygen atoms in total. The fourth-order valence-corrected chi connectivity index (χ4v) is 3.51. The van der Waals surface area contributed by atoms with Crippen molar-refractivity contribution < 1.29 is 19.1 Å². The zero-order chi connectivity index (χ0) is 18.9. The highest BCUT2D eigenvalue weighted by Gasteiger charge is 2.40. The first-order valence-corrected chi connectivity index (χ1v) is 9.18. The molecule has 0 saturated heterocycles. The minimum atomic E-state index is -0.627. The van der Waals surface area contributed by atoms with Gasteiger partial charge in [0.05, 0.1) is 17.2 Å². The summed E-state index contributed by atoms with van der Waals surface area (Å²) >= 11 is 1.46. The summed E-state index contributed by atoms with van der Waals surface area (Å²) in [6.45, 7) is 5.39. The van der Waals surface area contributed by atoms with Crippen molar-refractivity contribution in [1.82, 2.24) is 10.2 Å². The lowest BCUT2D eigenvalue weighted by Gasteiger charge is -2.27. The van der Waals surface area contributed by atoms with Crippen molar-refractivity contribution in [3.8, 4) is 0 Å². The Labute approximate surface area is 155 Å². The van der Waals surface area contributed by atoms with Crippen LogP contribution in [0.4, 0.5) is 4.79 Å². The van der Waals surface area contributed by atoms with E-state index in [1.165, 1.54) is 16.2 Å². The Bertz CT molecular complexity index is 804. The molecule has 1 aliphatic rings. The minimum absolute atomic E-state index is 0.0805. The van der Waals surface area contributed by atoms with Crippen LogP contribution in [0.3, 0.4) is 0 Å². The number of nitrogens with zero attached hydrogens (tertiary/aromatic N) is 1.